The average Bonchev–Trinajstić information content (AvgIpc) is 3.14. The summed E-state index contributed by atoms with van der Waals surface area (Å²) in [5, 5.41) is 2.88. The standard InChI is InChI=1S/C22H34N4O2/c1-17(2)14-21-16-25(12-13-28-21)18-6-9-24(10-7-18)19-4-3-5-20(15-19)26-11-8-23-22(26)27/h3-5,15,17-18,21H,6-14,16H2,1-2H3,(H,23,27). The maximum Gasteiger partial charge on any atom is 0.321 e. The highest BCUT2D eigenvalue weighted by Crippen LogP contribution is 2.28. The van der Waals surface area contributed by atoms with Crippen molar-refractivity contribution in [2.75, 3.05) is 55.7 Å². The molecular formula is C22H34N4O2. The Bertz CT molecular complexity index is 672. The predicted octanol–water partition coefficient (Wildman–Crippen LogP) is 2.93. The van der Waals surface area contributed by atoms with E-state index in [9.17, 15) is 4.79 Å². The second-order valence-electron chi connectivity index (χ2n) is 8.74. The maximum atomic E-state index is 12.0. The van der Waals surface area contributed by atoms with E-state index in [1.165, 1.54) is 18.5 Å². The van der Waals surface area contributed by atoms with Crippen LogP contribution >= 0.6 is 0 Å². The molecule has 0 aliphatic carbocycles. The molecule has 0 saturated carbocycles. The van der Waals surface area contributed by atoms with E-state index < -0.39 is 0 Å². The molecule has 0 spiro atoms. The molecule has 2 amide bonds. The van der Waals surface area contributed by atoms with Gasteiger partial charge in [0.1, 0.15) is 0 Å². The number of carbonyl (C=O) groups is 1. The molecule has 28 heavy (non-hydrogen) atoms. The number of hydrogen-bond donors (Lipinski definition) is 1. The number of ether oxygens (including phenoxy) is 1. The highest BCUT2D eigenvalue weighted by atomic mass is 16.5. The summed E-state index contributed by atoms with van der Waals surface area (Å²) in [6, 6.07) is 9.12. The van der Waals surface area contributed by atoms with E-state index in [2.05, 4.69) is 47.2 Å². The first-order valence-electron chi connectivity index (χ1n) is 10.9. The average molecular weight is 387 g/mol. The smallest absolute Gasteiger partial charge is 0.321 e. The normalized spacial score (nSPS) is 24.8. The monoisotopic (exact) mass is 386 g/mol. The first-order chi connectivity index (χ1) is 13.6. The first-order valence-corrected chi connectivity index (χ1v) is 10.9. The van der Waals surface area contributed by atoms with Crippen LogP contribution in [0.15, 0.2) is 24.3 Å². The number of nitrogens with one attached hydrogen (secondary N) is 1. The van der Waals surface area contributed by atoms with Gasteiger partial charge in [0.25, 0.3) is 0 Å². The van der Waals surface area contributed by atoms with Crippen LogP contribution in [-0.4, -0.2) is 69.0 Å². The van der Waals surface area contributed by atoms with Crippen LogP contribution in [0.2, 0.25) is 0 Å². The van der Waals surface area contributed by atoms with E-state index in [1.54, 1.807) is 0 Å². The number of piperidine rings is 1. The molecule has 0 bridgehead atoms. The van der Waals surface area contributed by atoms with Crippen molar-refractivity contribution >= 4 is 17.4 Å². The van der Waals surface area contributed by atoms with Crippen LogP contribution in [0.1, 0.15) is 33.1 Å². The Labute approximate surface area is 168 Å². The number of rotatable bonds is 5. The zero-order valence-corrected chi connectivity index (χ0v) is 17.3. The van der Waals surface area contributed by atoms with Gasteiger partial charge in [0, 0.05) is 56.7 Å². The molecule has 4 rings (SSSR count). The van der Waals surface area contributed by atoms with Gasteiger partial charge >= 0.3 is 6.03 Å². The molecular weight excluding hydrogens is 352 g/mol. The Morgan fingerprint density at radius 2 is 1.93 bits per heavy atom. The molecule has 1 atom stereocenters. The van der Waals surface area contributed by atoms with Crippen molar-refractivity contribution in [1.82, 2.24) is 10.2 Å². The molecule has 3 heterocycles. The summed E-state index contributed by atoms with van der Waals surface area (Å²) in [6.07, 6.45) is 3.95. The minimum Gasteiger partial charge on any atom is -0.376 e. The number of hydrogen-bond acceptors (Lipinski definition) is 4. The van der Waals surface area contributed by atoms with Crippen molar-refractivity contribution < 1.29 is 9.53 Å². The van der Waals surface area contributed by atoms with Crippen molar-refractivity contribution in [3.05, 3.63) is 24.3 Å². The lowest BCUT2D eigenvalue weighted by Crippen LogP contribution is -2.51. The van der Waals surface area contributed by atoms with E-state index in [4.69, 9.17) is 4.74 Å². The zero-order valence-electron chi connectivity index (χ0n) is 17.3. The van der Waals surface area contributed by atoms with Gasteiger partial charge in [0.2, 0.25) is 0 Å². The van der Waals surface area contributed by atoms with Gasteiger partial charge in [-0.15, -0.1) is 0 Å². The van der Waals surface area contributed by atoms with Crippen molar-refractivity contribution in [3.8, 4) is 0 Å². The van der Waals surface area contributed by atoms with E-state index in [-0.39, 0.29) is 6.03 Å². The van der Waals surface area contributed by atoms with E-state index in [0.29, 0.717) is 18.1 Å². The zero-order chi connectivity index (χ0) is 19.5. The Balaban J connectivity index is 1.33. The summed E-state index contributed by atoms with van der Waals surface area (Å²) < 4.78 is 5.98. The van der Waals surface area contributed by atoms with E-state index in [0.717, 1.165) is 58.0 Å². The molecule has 3 aliphatic rings. The fourth-order valence-electron chi connectivity index (χ4n) is 4.81. The lowest BCUT2D eigenvalue weighted by atomic mass is 9.99. The molecule has 0 aromatic heterocycles. The molecule has 154 valence electrons. The van der Waals surface area contributed by atoms with Crippen molar-refractivity contribution in [2.45, 2.75) is 45.3 Å². The van der Waals surface area contributed by atoms with Crippen molar-refractivity contribution in [3.63, 3.8) is 0 Å². The van der Waals surface area contributed by atoms with Crippen LogP contribution < -0.4 is 15.1 Å². The van der Waals surface area contributed by atoms with Crippen LogP contribution in [0.25, 0.3) is 0 Å². The minimum absolute atomic E-state index is 0.0131. The van der Waals surface area contributed by atoms with Crippen molar-refractivity contribution in [1.29, 1.82) is 0 Å². The minimum atomic E-state index is 0.0131. The SMILES string of the molecule is CC(C)CC1CN(C2CCN(c3cccc(N4CCNC4=O)c3)CC2)CCO1. The highest BCUT2D eigenvalue weighted by Gasteiger charge is 2.30. The third-order valence-electron chi connectivity index (χ3n) is 6.25. The van der Waals surface area contributed by atoms with Gasteiger partial charge in [0.15, 0.2) is 0 Å². The molecule has 1 unspecified atom stereocenters. The number of amides is 2. The summed E-state index contributed by atoms with van der Waals surface area (Å²) in [7, 11) is 0. The summed E-state index contributed by atoms with van der Waals surface area (Å²) in [5.41, 5.74) is 2.23. The summed E-state index contributed by atoms with van der Waals surface area (Å²) in [6.45, 7) is 11.2. The molecule has 6 nitrogen and oxygen atoms in total. The molecule has 3 fully saturated rings. The van der Waals surface area contributed by atoms with Crippen LogP contribution in [0.4, 0.5) is 16.2 Å². The van der Waals surface area contributed by atoms with Gasteiger partial charge in [-0.3, -0.25) is 9.80 Å². The molecule has 3 aliphatic heterocycles. The number of benzene rings is 1. The quantitative estimate of drug-likeness (QED) is 0.845. The maximum absolute atomic E-state index is 12.0. The Morgan fingerprint density at radius 3 is 2.64 bits per heavy atom. The first kappa shape index (κ1) is 19.5. The Kier molecular flexibility index (Phi) is 6.07. The molecule has 6 heteroatoms. The molecule has 1 aromatic rings. The molecule has 0 radical (unpaired) electrons. The predicted molar refractivity (Wildman–Crippen MR) is 113 cm³/mol. The summed E-state index contributed by atoms with van der Waals surface area (Å²) >= 11 is 0. The second-order valence-corrected chi connectivity index (χ2v) is 8.74. The van der Waals surface area contributed by atoms with Crippen molar-refractivity contribution in [2.24, 2.45) is 5.92 Å². The van der Waals surface area contributed by atoms with Gasteiger partial charge in [0.05, 0.1) is 12.7 Å². The van der Waals surface area contributed by atoms with E-state index in [1.807, 2.05) is 11.0 Å². The van der Waals surface area contributed by atoms with Crippen LogP contribution in [0.5, 0.6) is 0 Å². The Hall–Kier alpha value is -1.79. The molecule has 1 aromatic carbocycles. The third-order valence-corrected chi connectivity index (χ3v) is 6.25. The molecule has 3 saturated heterocycles. The summed E-state index contributed by atoms with van der Waals surface area (Å²) in [4.78, 5) is 18.9. The van der Waals surface area contributed by atoms with Crippen LogP contribution in [-0.2, 0) is 4.74 Å². The number of anilines is 2. The lowest BCUT2D eigenvalue weighted by molar-refractivity contribution is -0.0540. The number of morpholine rings is 1. The Morgan fingerprint density at radius 1 is 1.14 bits per heavy atom. The fraction of sp³-hybridized carbons (Fsp3) is 0.682. The second kappa shape index (κ2) is 8.70. The van der Waals surface area contributed by atoms with Gasteiger partial charge in [-0.1, -0.05) is 19.9 Å². The number of nitrogens with zero attached hydrogens (tertiary/aromatic N) is 3. The lowest BCUT2D eigenvalue weighted by Gasteiger charge is -2.43. The van der Waals surface area contributed by atoms with Gasteiger partial charge in [-0.25, -0.2) is 4.79 Å². The van der Waals surface area contributed by atoms with Gasteiger partial charge in [-0.05, 0) is 43.4 Å². The largest absolute Gasteiger partial charge is 0.376 e. The highest BCUT2D eigenvalue weighted by molar-refractivity contribution is 5.94. The topological polar surface area (TPSA) is 48.0 Å². The number of carbonyl (C=O) groups excluding carboxylic acids is 1. The van der Waals surface area contributed by atoms with E-state index >= 15 is 0 Å². The van der Waals surface area contributed by atoms with Gasteiger partial charge < -0.3 is 15.0 Å². The van der Waals surface area contributed by atoms with Crippen LogP contribution in [0.3, 0.4) is 0 Å². The summed E-state index contributed by atoms with van der Waals surface area (Å²) in [5.74, 6) is 0.691. The third kappa shape index (κ3) is 4.44. The number of urea groups is 1. The van der Waals surface area contributed by atoms with Crippen LogP contribution in [0, 0.1) is 5.92 Å². The van der Waals surface area contributed by atoms with Gasteiger partial charge in [-0.2, -0.15) is 0 Å². The molecule has 1 N–H and O–H groups in total. The fourth-order valence-corrected chi connectivity index (χ4v) is 4.81.